The van der Waals surface area contributed by atoms with Crippen molar-refractivity contribution in [3.05, 3.63) is 95.6 Å². The lowest BCUT2D eigenvalue weighted by molar-refractivity contribution is -0.975. The van der Waals surface area contributed by atoms with Crippen LogP contribution in [0.15, 0.2) is 84.5 Å². The van der Waals surface area contributed by atoms with Gasteiger partial charge in [-0.15, -0.1) is 0 Å². The monoisotopic (exact) mass is 698 g/mol. The van der Waals surface area contributed by atoms with Gasteiger partial charge in [-0.2, -0.15) is 4.67 Å². The first kappa shape index (κ1) is 35.1. The van der Waals surface area contributed by atoms with Crippen molar-refractivity contribution in [1.29, 1.82) is 0 Å². The molecule has 0 N–H and O–H groups in total. The van der Waals surface area contributed by atoms with Crippen LogP contribution in [-0.4, -0.2) is 49.3 Å². The molecule has 3 atom stereocenters. The molecule has 4 aliphatic carbocycles. The fraction of sp³-hybridized carbons (Fsp3) is 0.532. The van der Waals surface area contributed by atoms with Crippen LogP contribution in [0.25, 0.3) is 33.1 Å². The molecule has 8 rings (SSSR count). The second-order valence-corrected chi connectivity index (χ2v) is 22.7. The van der Waals surface area contributed by atoms with Gasteiger partial charge in [-0.1, -0.05) is 133 Å². The zero-order chi connectivity index (χ0) is 35.5. The van der Waals surface area contributed by atoms with E-state index in [0.717, 1.165) is 16.2 Å². The lowest BCUT2D eigenvalue weighted by Crippen LogP contribution is -2.69. The van der Waals surface area contributed by atoms with Crippen LogP contribution in [0.1, 0.15) is 108 Å². The first-order valence-corrected chi connectivity index (χ1v) is 23.8. The van der Waals surface area contributed by atoms with Crippen molar-refractivity contribution < 1.29 is 4.59 Å². The Kier molecular flexibility index (Phi) is 9.29. The number of aromatic nitrogens is 1. The van der Waals surface area contributed by atoms with E-state index in [4.69, 9.17) is 0 Å². The van der Waals surface area contributed by atoms with Gasteiger partial charge in [-0.05, 0) is 96.0 Å². The van der Waals surface area contributed by atoms with Crippen molar-refractivity contribution >= 4 is 35.6 Å². The average Bonchev–Trinajstić information content (AvgIpc) is 3.78. The SMILES string of the molecule is CCCCC1(CCCC)C2=CC3C(C=C2c2ccc(-n4c5ccccc5c5ccccc54)cc21)CCC3[Si](C)(C)N(C1CCCCC1)[N+](C)(C)C. The van der Waals surface area contributed by atoms with E-state index in [1.165, 1.54) is 117 Å². The molecule has 0 saturated heterocycles. The molecule has 4 aliphatic rings. The van der Waals surface area contributed by atoms with E-state index >= 15 is 0 Å². The first-order valence-electron chi connectivity index (χ1n) is 20.8. The lowest BCUT2D eigenvalue weighted by atomic mass is 9.68. The molecule has 0 radical (unpaired) electrons. The zero-order valence-electron chi connectivity index (χ0n) is 32.8. The molecular weight excluding hydrogens is 635 g/mol. The summed E-state index contributed by atoms with van der Waals surface area (Å²) in [6.45, 7) is 10.3. The number of hydrogen-bond donors (Lipinski definition) is 0. The second kappa shape index (κ2) is 13.5. The van der Waals surface area contributed by atoms with Crippen LogP contribution in [0.5, 0.6) is 0 Å². The highest BCUT2D eigenvalue weighted by Crippen LogP contribution is 2.62. The molecule has 0 spiro atoms. The standard InChI is InChI=1S/C47H64N3Si/c1-8-10-29-47(30-11-9-2)42-32-36(48-44-23-17-15-21-38(44)39-22-16-18-24-45(39)48)26-27-37(42)41-31-34-25-28-46(40(34)33-43(41)47)51(6,7)49(50(3,4)5)35-19-13-12-14-20-35/h15-18,21-24,26-27,31-35,40,46H,8-14,19-20,25,28-30H2,1-7H3/q+1. The molecule has 0 bridgehead atoms. The van der Waals surface area contributed by atoms with Crippen LogP contribution >= 0.6 is 0 Å². The van der Waals surface area contributed by atoms with E-state index < -0.39 is 8.24 Å². The van der Waals surface area contributed by atoms with Gasteiger partial charge in [-0.3, -0.25) is 4.59 Å². The van der Waals surface area contributed by atoms with Crippen molar-refractivity contribution in [3.8, 4) is 5.69 Å². The Morgan fingerprint density at radius 1 is 0.765 bits per heavy atom. The largest absolute Gasteiger partial charge is 0.309 e. The molecule has 2 saturated carbocycles. The Labute approximate surface area is 310 Å². The van der Waals surface area contributed by atoms with Crippen molar-refractivity contribution in [3.63, 3.8) is 0 Å². The van der Waals surface area contributed by atoms with Crippen LogP contribution in [0.4, 0.5) is 0 Å². The van der Waals surface area contributed by atoms with Gasteiger partial charge < -0.3 is 4.57 Å². The molecule has 270 valence electrons. The fourth-order valence-electron chi connectivity index (χ4n) is 12.0. The van der Waals surface area contributed by atoms with Crippen LogP contribution in [0, 0.1) is 11.8 Å². The number of unbranched alkanes of at least 4 members (excludes halogenated alkanes) is 2. The summed E-state index contributed by atoms with van der Waals surface area (Å²) in [5.41, 5.74) is 11.3. The van der Waals surface area contributed by atoms with Gasteiger partial charge >= 0.3 is 0 Å². The molecule has 51 heavy (non-hydrogen) atoms. The molecule has 4 aromatic rings. The van der Waals surface area contributed by atoms with Gasteiger partial charge in [0.05, 0.1) is 32.2 Å². The Morgan fingerprint density at radius 3 is 2.00 bits per heavy atom. The molecule has 4 heteroatoms. The fourth-order valence-corrected chi connectivity index (χ4v) is 17.3. The molecule has 1 heterocycles. The molecule has 1 aromatic heterocycles. The smallest absolute Gasteiger partial charge is 0.190 e. The predicted octanol–water partition coefficient (Wildman–Crippen LogP) is 12.6. The number of benzene rings is 3. The second-order valence-electron chi connectivity index (χ2n) is 18.2. The first-order chi connectivity index (χ1) is 24.6. The van der Waals surface area contributed by atoms with Crippen LogP contribution in [0.2, 0.25) is 18.6 Å². The van der Waals surface area contributed by atoms with E-state index in [0.29, 0.717) is 11.8 Å². The molecule has 2 fully saturated rings. The van der Waals surface area contributed by atoms with Crippen molar-refractivity contribution in [2.24, 2.45) is 11.8 Å². The summed E-state index contributed by atoms with van der Waals surface area (Å²) in [5.74, 6) is 1.33. The number of para-hydroxylation sites is 2. The third-order valence-electron chi connectivity index (χ3n) is 13.9. The van der Waals surface area contributed by atoms with Crippen molar-refractivity contribution in [2.75, 3.05) is 21.1 Å². The maximum absolute atomic E-state index is 3.10. The average molecular weight is 699 g/mol. The Morgan fingerprint density at radius 2 is 1.39 bits per heavy atom. The van der Waals surface area contributed by atoms with Gasteiger partial charge in [0.1, 0.15) is 0 Å². The summed E-state index contributed by atoms with van der Waals surface area (Å²) in [7, 11) is 5.58. The van der Waals surface area contributed by atoms with E-state index in [1.54, 1.807) is 16.7 Å². The van der Waals surface area contributed by atoms with Crippen LogP contribution < -0.4 is 0 Å². The van der Waals surface area contributed by atoms with Gasteiger partial charge in [0.25, 0.3) is 0 Å². The van der Waals surface area contributed by atoms with Gasteiger partial charge in [0.2, 0.25) is 0 Å². The number of fused-ring (bicyclic) bond motifs is 7. The van der Waals surface area contributed by atoms with Crippen LogP contribution in [0.3, 0.4) is 0 Å². The highest BCUT2D eigenvalue weighted by atomic mass is 28.3. The summed E-state index contributed by atoms with van der Waals surface area (Å²) in [4.78, 5) is 0. The third-order valence-corrected chi connectivity index (χ3v) is 18.6. The molecule has 3 aromatic carbocycles. The third kappa shape index (κ3) is 5.74. The van der Waals surface area contributed by atoms with Gasteiger partial charge in [0.15, 0.2) is 8.24 Å². The normalized spacial score (nSPS) is 23.4. The highest BCUT2D eigenvalue weighted by Gasteiger charge is 2.56. The van der Waals surface area contributed by atoms with E-state index in [1.807, 2.05) is 0 Å². The Hall–Kier alpha value is -2.92. The number of hydrogen-bond acceptors (Lipinski definition) is 1. The molecule has 3 nitrogen and oxygen atoms in total. The number of quaternary nitrogens is 1. The molecule has 3 unspecified atom stereocenters. The quantitative estimate of drug-likeness (QED) is 0.0860. The summed E-state index contributed by atoms with van der Waals surface area (Å²) < 4.78 is 6.63. The number of rotatable bonds is 11. The Balaban J connectivity index is 1.26. The van der Waals surface area contributed by atoms with Crippen molar-refractivity contribution in [2.45, 2.75) is 127 Å². The minimum Gasteiger partial charge on any atom is -0.309 e. The number of allylic oxidation sites excluding steroid dienone is 4. The maximum atomic E-state index is 3.10. The Bertz CT molecular complexity index is 1900. The topological polar surface area (TPSA) is 8.17 Å². The van der Waals surface area contributed by atoms with Crippen molar-refractivity contribution in [1.82, 2.24) is 9.24 Å². The van der Waals surface area contributed by atoms with Crippen LogP contribution in [-0.2, 0) is 5.41 Å². The predicted molar refractivity (Wildman–Crippen MR) is 222 cm³/mol. The molecule has 0 amide bonds. The lowest BCUT2D eigenvalue weighted by Gasteiger charge is -2.53. The van der Waals surface area contributed by atoms with Gasteiger partial charge in [0, 0.05) is 27.9 Å². The van der Waals surface area contributed by atoms with E-state index in [-0.39, 0.29) is 5.41 Å². The summed E-state index contributed by atoms with van der Waals surface area (Å²) in [6.07, 6.45) is 23.1. The number of nitrogens with zero attached hydrogens (tertiary/aromatic N) is 3. The maximum Gasteiger partial charge on any atom is 0.190 e. The molecular formula is C47H64N3Si+. The summed E-state index contributed by atoms with van der Waals surface area (Å²) in [5, 5.41) is 2.69. The zero-order valence-corrected chi connectivity index (χ0v) is 33.8. The summed E-state index contributed by atoms with van der Waals surface area (Å²) in [6, 6.07) is 26.4. The highest BCUT2D eigenvalue weighted by molar-refractivity contribution is 6.76. The summed E-state index contributed by atoms with van der Waals surface area (Å²) >= 11 is 0. The minimum absolute atomic E-state index is 0.0922. The van der Waals surface area contributed by atoms with E-state index in [9.17, 15) is 0 Å². The molecule has 0 aliphatic heterocycles. The minimum atomic E-state index is -1.82. The van der Waals surface area contributed by atoms with E-state index in [2.05, 4.69) is 136 Å². The van der Waals surface area contributed by atoms with Gasteiger partial charge in [-0.25, -0.2) is 0 Å².